The number of benzene rings is 2. The predicted octanol–water partition coefficient (Wildman–Crippen LogP) is 5.59. The third-order valence-electron chi connectivity index (χ3n) is 6.62. The lowest BCUT2D eigenvalue weighted by molar-refractivity contribution is 0.441. The smallest absolute Gasteiger partial charge is 0.344 e. The quantitative estimate of drug-likeness (QED) is 0.382. The Morgan fingerprint density at radius 2 is 1.31 bits per heavy atom. The highest BCUT2D eigenvalue weighted by molar-refractivity contribution is 5.87. The molecule has 0 spiro atoms. The number of hydrogen-bond acceptors (Lipinski definition) is 6. The van der Waals surface area contributed by atoms with Gasteiger partial charge in [0.15, 0.2) is 0 Å². The largest absolute Gasteiger partial charge is 0.507 e. The second kappa shape index (κ2) is 8.02. The van der Waals surface area contributed by atoms with E-state index in [-0.39, 0.29) is 33.8 Å². The fraction of sp³-hybridized carbons (Fsp3) is 0.103. The van der Waals surface area contributed by atoms with Crippen molar-refractivity contribution in [2.75, 3.05) is 0 Å². The molecule has 0 bridgehead atoms. The predicted molar refractivity (Wildman–Crippen MR) is 133 cm³/mol. The summed E-state index contributed by atoms with van der Waals surface area (Å²) in [7, 11) is 0. The van der Waals surface area contributed by atoms with E-state index in [2.05, 4.69) is 6.08 Å². The maximum Gasteiger partial charge on any atom is 0.344 e. The molecule has 2 N–H and O–H groups in total. The van der Waals surface area contributed by atoms with Gasteiger partial charge < -0.3 is 19.0 Å². The third kappa shape index (κ3) is 3.26. The molecule has 0 aliphatic heterocycles. The molecule has 172 valence electrons. The summed E-state index contributed by atoms with van der Waals surface area (Å²) in [6, 6.07) is 13.3. The first-order valence-electron chi connectivity index (χ1n) is 11.3. The van der Waals surface area contributed by atoms with Crippen LogP contribution < -0.4 is 11.3 Å². The van der Waals surface area contributed by atoms with Crippen molar-refractivity contribution >= 4 is 21.9 Å². The van der Waals surface area contributed by atoms with Crippen LogP contribution in [0, 0.1) is 0 Å². The average molecular weight is 464 g/mol. The van der Waals surface area contributed by atoms with Crippen LogP contribution in [-0.4, -0.2) is 10.2 Å². The van der Waals surface area contributed by atoms with Crippen LogP contribution in [0.25, 0.3) is 21.9 Å². The first-order chi connectivity index (χ1) is 17.0. The molecule has 6 rings (SSSR count). The Labute approximate surface area is 199 Å². The van der Waals surface area contributed by atoms with Crippen molar-refractivity contribution in [3.63, 3.8) is 0 Å². The van der Waals surface area contributed by atoms with Crippen molar-refractivity contribution in [3.05, 3.63) is 128 Å². The van der Waals surface area contributed by atoms with Crippen molar-refractivity contribution in [1.29, 1.82) is 0 Å². The lowest BCUT2D eigenvalue weighted by Gasteiger charge is -2.21. The number of aromatic hydroxyl groups is 2. The molecule has 4 aromatic rings. The standard InChI is InChI=1S/C29H20O6/c30-26-19-10-3-5-14-21(19)34-28(32)24(26)23(18-13-7-12-17(18)16-8-1-2-9-16)25-27(31)20-11-4-6-15-22(20)35-29(25)33/h1,3-11,13-15,23,30-31H,2,12H2. The summed E-state index contributed by atoms with van der Waals surface area (Å²) in [5, 5.41) is 23.3. The van der Waals surface area contributed by atoms with Gasteiger partial charge in [0.25, 0.3) is 0 Å². The molecule has 6 heteroatoms. The van der Waals surface area contributed by atoms with Crippen LogP contribution in [0.3, 0.4) is 0 Å². The fourth-order valence-electron chi connectivity index (χ4n) is 5.02. The average Bonchev–Trinajstić information content (AvgIpc) is 3.55. The van der Waals surface area contributed by atoms with Crippen LogP contribution >= 0.6 is 0 Å². The van der Waals surface area contributed by atoms with Gasteiger partial charge in [-0.25, -0.2) is 9.59 Å². The molecule has 2 aliphatic carbocycles. The van der Waals surface area contributed by atoms with Crippen molar-refractivity contribution in [1.82, 2.24) is 0 Å². The molecular weight excluding hydrogens is 444 g/mol. The summed E-state index contributed by atoms with van der Waals surface area (Å²) in [5.41, 5.74) is 1.13. The molecule has 6 nitrogen and oxygen atoms in total. The zero-order chi connectivity index (χ0) is 24.1. The highest BCUT2D eigenvalue weighted by atomic mass is 16.4. The lowest BCUT2D eigenvalue weighted by Crippen LogP contribution is -2.22. The molecule has 0 saturated heterocycles. The normalized spacial score (nSPS) is 15.2. The van der Waals surface area contributed by atoms with E-state index >= 15 is 0 Å². The van der Waals surface area contributed by atoms with Crippen LogP contribution in [0.4, 0.5) is 0 Å². The molecule has 2 aromatic heterocycles. The minimum Gasteiger partial charge on any atom is -0.507 e. The van der Waals surface area contributed by atoms with Gasteiger partial charge in [-0.05, 0) is 53.8 Å². The summed E-state index contributed by atoms with van der Waals surface area (Å²) in [5.74, 6) is -1.70. The highest BCUT2D eigenvalue weighted by Crippen LogP contribution is 2.46. The molecule has 0 fully saturated rings. The van der Waals surface area contributed by atoms with Gasteiger partial charge in [0.2, 0.25) is 0 Å². The van der Waals surface area contributed by atoms with E-state index in [1.54, 1.807) is 48.5 Å². The first-order valence-corrected chi connectivity index (χ1v) is 11.3. The van der Waals surface area contributed by atoms with E-state index in [9.17, 15) is 19.8 Å². The summed E-state index contributed by atoms with van der Waals surface area (Å²) >= 11 is 0. The Morgan fingerprint density at radius 1 is 0.743 bits per heavy atom. The van der Waals surface area contributed by atoms with Crippen LogP contribution in [0.15, 0.2) is 114 Å². The van der Waals surface area contributed by atoms with Gasteiger partial charge >= 0.3 is 11.3 Å². The van der Waals surface area contributed by atoms with Crippen LogP contribution in [0.1, 0.15) is 29.9 Å². The monoisotopic (exact) mass is 464 g/mol. The number of para-hydroxylation sites is 2. The van der Waals surface area contributed by atoms with Crippen molar-refractivity contribution in [2.45, 2.75) is 18.8 Å². The van der Waals surface area contributed by atoms with E-state index in [1.165, 1.54) is 0 Å². The molecule has 0 unspecified atom stereocenters. The minimum absolute atomic E-state index is 0.122. The summed E-state index contributed by atoms with van der Waals surface area (Å²) in [6.45, 7) is 0. The molecule has 2 aliphatic rings. The van der Waals surface area contributed by atoms with Crippen LogP contribution in [-0.2, 0) is 0 Å². The van der Waals surface area contributed by atoms with E-state index < -0.39 is 17.2 Å². The minimum atomic E-state index is -1.11. The van der Waals surface area contributed by atoms with E-state index in [4.69, 9.17) is 8.83 Å². The van der Waals surface area contributed by atoms with Crippen molar-refractivity contribution < 1.29 is 19.0 Å². The van der Waals surface area contributed by atoms with Crippen LogP contribution in [0.2, 0.25) is 0 Å². The van der Waals surface area contributed by atoms with Gasteiger partial charge in [-0.3, -0.25) is 0 Å². The number of rotatable bonds is 4. The SMILES string of the molecule is O=c1oc2ccccc2c(O)c1C(C1=C(C2=CCC=C2)CC=C1)c1c(O)c2ccccc2oc1=O. The molecule has 2 aromatic carbocycles. The third-order valence-corrected chi connectivity index (χ3v) is 6.62. The molecule has 0 amide bonds. The van der Waals surface area contributed by atoms with Gasteiger partial charge in [-0.15, -0.1) is 0 Å². The number of fused-ring (bicyclic) bond motifs is 2. The Balaban J connectivity index is 1.74. The highest BCUT2D eigenvalue weighted by Gasteiger charge is 2.35. The number of hydrogen-bond donors (Lipinski definition) is 2. The van der Waals surface area contributed by atoms with Gasteiger partial charge in [-0.2, -0.15) is 0 Å². The second-order valence-electron chi connectivity index (χ2n) is 8.57. The lowest BCUT2D eigenvalue weighted by atomic mass is 9.82. The Bertz CT molecular complexity index is 1660. The molecule has 0 radical (unpaired) electrons. The molecular formula is C29H20O6. The van der Waals surface area contributed by atoms with E-state index in [0.29, 0.717) is 22.8 Å². The first kappa shape index (κ1) is 21.0. The topological polar surface area (TPSA) is 101 Å². The molecule has 2 heterocycles. The maximum atomic E-state index is 13.3. The fourth-order valence-corrected chi connectivity index (χ4v) is 5.02. The summed E-state index contributed by atoms with van der Waals surface area (Å²) in [4.78, 5) is 26.6. The Hall–Kier alpha value is -4.58. The van der Waals surface area contributed by atoms with E-state index in [1.807, 2.05) is 24.3 Å². The second-order valence-corrected chi connectivity index (χ2v) is 8.57. The van der Waals surface area contributed by atoms with Crippen LogP contribution in [0.5, 0.6) is 11.5 Å². The van der Waals surface area contributed by atoms with Gasteiger partial charge in [0.1, 0.15) is 22.7 Å². The maximum absolute atomic E-state index is 13.3. The van der Waals surface area contributed by atoms with Gasteiger partial charge in [0, 0.05) is 0 Å². The Kier molecular flexibility index (Phi) is 4.81. The number of allylic oxidation sites excluding steroid dienone is 8. The van der Waals surface area contributed by atoms with Gasteiger partial charge in [0.05, 0.1) is 27.8 Å². The zero-order valence-electron chi connectivity index (χ0n) is 18.5. The summed E-state index contributed by atoms with van der Waals surface area (Å²) in [6.07, 6.45) is 11.2. The Morgan fingerprint density at radius 3 is 1.86 bits per heavy atom. The van der Waals surface area contributed by atoms with Crippen molar-refractivity contribution in [2.24, 2.45) is 0 Å². The molecule has 0 saturated carbocycles. The zero-order valence-corrected chi connectivity index (χ0v) is 18.5. The van der Waals surface area contributed by atoms with Crippen molar-refractivity contribution in [3.8, 4) is 11.5 Å². The molecule has 35 heavy (non-hydrogen) atoms. The molecule has 0 atom stereocenters. The summed E-state index contributed by atoms with van der Waals surface area (Å²) < 4.78 is 11.1. The van der Waals surface area contributed by atoms with E-state index in [0.717, 1.165) is 17.6 Å². The van der Waals surface area contributed by atoms with Gasteiger partial charge in [-0.1, -0.05) is 54.6 Å².